The van der Waals surface area contributed by atoms with Crippen molar-refractivity contribution in [2.45, 2.75) is 13.5 Å². The number of rotatable bonds is 5. The van der Waals surface area contributed by atoms with E-state index in [0.29, 0.717) is 23.1 Å². The molecule has 3 aromatic heterocycles. The first-order chi connectivity index (χ1) is 13.1. The van der Waals surface area contributed by atoms with Crippen LogP contribution in [0.3, 0.4) is 0 Å². The van der Waals surface area contributed by atoms with E-state index in [4.69, 9.17) is 21.3 Å². The second-order valence-corrected chi connectivity index (χ2v) is 7.65. The fraction of sp³-hybridized carbons (Fsp3) is 0.150. The maximum atomic E-state index is 6.23. The molecule has 0 saturated carbocycles. The van der Waals surface area contributed by atoms with E-state index in [-0.39, 0.29) is 0 Å². The lowest BCUT2D eigenvalue weighted by Crippen LogP contribution is -2.04. The molecule has 0 fully saturated rings. The van der Waals surface area contributed by atoms with Crippen molar-refractivity contribution in [3.8, 4) is 17.3 Å². The summed E-state index contributed by atoms with van der Waals surface area (Å²) in [4.78, 5) is 15.9. The number of pyridine rings is 1. The zero-order chi connectivity index (χ0) is 18.8. The van der Waals surface area contributed by atoms with E-state index in [1.54, 1.807) is 24.6 Å². The van der Waals surface area contributed by atoms with Crippen LogP contribution in [0.25, 0.3) is 21.7 Å². The highest BCUT2D eigenvalue weighted by Gasteiger charge is 2.13. The zero-order valence-electron chi connectivity index (χ0n) is 14.9. The average Bonchev–Trinajstić information content (AvgIpc) is 3.07. The quantitative estimate of drug-likeness (QED) is 0.493. The second-order valence-electron chi connectivity index (χ2n) is 6.01. The smallest absolute Gasteiger partial charge is 0.181 e. The summed E-state index contributed by atoms with van der Waals surface area (Å²) >= 11 is 7.88. The lowest BCUT2D eigenvalue weighted by molar-refractivity contribution is 0.415. The van der Waals surface area contributed by atoms with Crippen LogP contribution in [0.2, 0.25) is 5.02 Å². The average molecular weight is 397 g/mol. The molecule has 27 heavy (non-hydrogen) atoms. The standard InChI is InChI=1S/C20H17ClN4OS/c1-12-9-14-18(23-11-13-6-7-17(26-2)15(21)10-13)24-19(25-20(14)27-12)16-5-3-4-8-22-16/h3-10H,11H2,1-2H3,(H,23,24,25). The third-order valence-corrected chi connectivity index (χ3v) is 5.33. The number of nitrogens with zero attached hydrogens (tertiary/aromatic N) is 3. The van der Waals surface area contributed by atoms with Crippen LogP contribution in [-0.4, -0.2) is 22.1 Å². The molecule has 0 aliphatic carbocycles. The zero-order valence-corrected chi connectivity index (χ0v) is 16.4. The Bertz CT molecular complexity index is 1100. The highest BCUT2D eigenvalue weighted by Crippen LogP contribution is 2.31. The summed E-state index contributed by atoms with van der Waals surface area (Å²) in [7, 11) is 1.61. The molecule has 0 spiro atoms. The van der Waals surface area contributed by atoms with E-state index in [1.807, 2.05) is 36.4 Å². The summed E-state index contributed by atoms with van der Waals surface area (Å²) in [5.41, 5.74) is 1.79. The molecule has 0 amide bonds. The van der Waals surface area contributed by atoms with Crippen molar-refractivity contribution >= 4 is 39.0 Å². The van der Waals surface area contributed by atoms with Crippen molar-refractivity contribution in [3.05, 3.63) is 64.1 Å². The highest BCUT2D eigenvalue weighted by atomic mass is 35.5. The molecule has 3 heterocycles. The van der Waals surface area contributed by atoms with Gasteiger partial charge in [-0.05, 0) is 42.8 Å². The van der Waals surface area contributed by atoms with Crippen LogP contribution >= 0.6 is 22.9 Å². The van der Waals surface area contributed by atoms with Crippen molar-refractivity contribution in [2.75, 3.05) is 12.4 Å². The van der Waals surface area contributed by atoms with E-state index in [2.05, 4.69) is 28.3 Å². The maximum Gasteiger partial charge on any atom is 0.181 e. The number of hydrogen-bond acceptors (Lipinski definition) is 6. The van der Waals surface area contributed by atoms with Crippen molar-refractivity contribution in [2.24, 2.45) is 0 Å². The fourth-order valence-corrected chi connectivity index (χ4v) is 3.95. The maximum absolute atomic E-state index is 6.23. The van der Waals surface area contributed by atoms with Gasteiger partial charge in [0.15, 0.2) is 5.82 Å². The van der Waals surface area contributed by atoms with Gasteiger partial charge in [-0.1, -0.05) is 23.7 Å². The molecular formula is C20H17ClN4OS. The van der Waals surface area contributed by atoms with Gasteiger partial charge >= 0.3 is 0 Å². The SMILES string of the molecule is COc1ccc(CNc2nc(-c3ccccn3)nc3sc(C)cc23)cc1Cl. The van der Waals surface area contributed by atoms with Crippen LogP contribution in [0, 0.1) is 6.92 Å². The minimum Gasteiger partial charge on any atom is -0.495 e. The molecule has 0 unspecified atom stereocenters. The van der Waals surface area contributed by atoms with Crippen LogP contribution < -0.4 is 10.1 Å². The van der Waals surface area contributed by atoms with E-state index < -0.39 is 0 Å². The predicted octanol–water partition coefficient (Wildman–Crippen LogP) is 5.34. The molecule has 0 aliphatic heterocycles. The molecule has 0 atom stereocenters. The van der Waals surface area contributed by atoms with Crippen LogP contribution in [0.15, 0.2) is 48.7 Å². The number of anilines is 1. The minimum atomic E-state index is 0.588. The number of fused-ring (bicyclic) bond motifs is 1. The molecule has 4 aromatic rings. The summed E-state index contributed by atoms with van der Waals surface area (Å²) in [5, 5.41) is 5.02. The van der Waals surface area contributed by atoms with Gasteiger partial charge < -0.3 is 10.1 Å². The number of ether oxygens (including phenoxy) is 1. The van der Waals surface area contributed by atoms with E-state index in [9.17, 15) is 0 Å². The number of halogens is 1. The topological polar surface area (TPSA) is 59.9 Å². The Morgan fingerprint density at radius 1 is 1.15 bits per heavy atom. The van der Waals surface area contributed by atoms with Gasteiger partial charge in [-0.25, -0.2) is 9.97 Å². The van der Waals surface area contributed by atoms with Crippen LogP contribution in [0.4, 0.5) is 5.82 Å². The summed E-state index contributed by atoms with van der Waals surface area (Å²) in [6.07, 6.45) is 1.75. The molecule has 0 saturated heterocycles. The minimum absolute atomic E-state index is 0.588. The summed E-state index contributed by atoms with van der Waals surface area (Å²) in [6, 6.07) is 13.6. The number of nitrogens with one attached hydrogen (secondary N) is 1. The van der Waals surface area contributed by atoms with E-state index >= 15 is 0 Å². The fourth-order valence-electron chi connectivity index (χ4n) is 2.79. The molecule has 136 valence electrons. The largest absolute Gasteiger partial charge is 0.495 e. The molecule has 1 aromatic carbocycles. The Morgan fingerprint density at radius 3 is 2.78 bits per heavy atom. The van der Waals surface area contributed by atoms with Crippen molar-refractivity contribution in [1.82, 2.24) is 15.0 Å². The third kappa shape index (κ3) is 3.72. The van der Waals surface area contributed by atoms with Crippen LogP contribution in [0.1, 0.15) is 10.4 Å². The van der Waals surface area contributed by atoms with Gasteiger partial charge in [-0.2, -0.15) is 0 Å². The highest BCUT2D eigenvalue weighted by molar-refractivity contribution is 7.18. The van der Waals surface area contributed by atoms with Crippen molar-refractivity contribution < 1.29 is 4.74 Å². The Balaban J connectivity index is 1.69. The van der Waals surface area contributed by atoms with Gasteiger partial charge in [-0.15, -0.1) is 11.3 Å². The lowest BCUT2D eigenvalue weighted by Gasteiger charge is -2.10. The summed E-state index contributed by atoms with van der Waals surface area (Å²) < 4.78 is 5.21. The van der Waals surface area contributed by atoms with Gasteiger partial charge in [-0.3, -0.25) is 4.98 Å². The molecule has 0 aliphatic rings. The summed E-state index contributed by atoms with van der Waals surface area (Å²) in [6.45, 7) is 2.66. The predicted molar refractivity (Wildman–Crippen MR) is 111 cm³/mol. The first-order valence-electron chi connectivity index (χ1n) is 8.40. The lowest BCUT2D eigenvalue weighted by atomic mass is 10.2. The third-order valence-electron chi connectivity index (χ3n) is 4.09. The Morgan fingerprint density at radius 2 is 2.04 bits per heavy atom. The van der Waals surface area contributed by atoms with E-state index in [1.165, 1.54) is 4.88 Å². The molecular weight excluding hydrogens is 380 g/mol. The number of aryl methyl sites for hydroxylation is 1. The van der Waals surface area contributed by atoms with Gasteiger partial charge in [0.05, 0.1) is 17.5 Å². The Kier molecular flexibility index (Phi) is 4.92. The summed E-state index contributed by atoms with van der Waals surface area (Å²) in [5.74, 6) is 2.06. The van der Waals surface area contributed by atoms with Crippen molar-refractivity contribution in [1.29, 1.82) is 0 Å². The number of thiophene rings is 1. The normalized spacial score (nSPS) is 10.9. The Labute approximate surface area is 166 Å². The van der Waals surface area contributed by atoms with Crippen LogP contribution in [0.5, 0.6) is 5.75 Å². The second kappa shape index (κ2) is 7.50. The molecule has 0 radical (unpaired) electrons. The monoisotopic (exact) mass is 396 g/mol. The molecule has 0 bridgehead atoms. The van der Waals surface area contributed by atoms with E-state index in [0.717, 1.165) is 27.3 Å². The van der Waals surface area contributed by atoms with Gasteiger partial charge in [0.1, 0.15) is 22.1 Å². The Hall–Kier alpha value is -2.70. The first-order valence-corrected chi connectivity index (χ1v) is 9.59. The number of benzene rings is 1. The van der Waals surface area contributed by atoms with Crippen LogP contribution in [-0.2, 0) is 6.54 Å². The molecule has 1 N–H and O–H groups in total. The molecule has 4 rings (SSSR count). The van der Waals surface area contributed by atoms with Crippen molar-refractivity contribution in [3.63, 3.8) is 0 Å². The number of aromatic nitrogens is 3. The number of hydrogen-bond donors (Lipinski definition) is 1. The van der Waals surface area contributed by atoms with Gasteiger partial charge in [0.2, 0.25) is 0 Å². The molecule has 5 nitrogen and oxygen atoms in total. The first kappa shape index (κ1) is 17.7. The van der Waals surface area contributed by atoms with Gasteiger partial charge in [0, 0.05) is 17.6 Å². The number of methoxy groups -OCH3 is 1. The molecule has 7 heteroatoms. The van der Waals surface area contributed by atoms with Gasteiger partial charge in [0.25, 0.3) is 0 Å².